The van der Waals surface area contributed by atoms with Crippen LogP contribution in [0.25, 0.3) is 0 Å². The van der Waals surface area contributed by atoms with Crippen LogP contribution in [0.2, 0.25) is 0 Å². The van der Waals surface area contributed by atoms with E-state index in [0.29, 0.717) is 0 Å². The van der Waals surface area contributed by atoms with Gasteiger partial charge in [0.15, 0.2) is 0 Å². The second-order valence-corrected chi connectivity index (χ2v) is 5.47. The highest BCUT2D eigenvalue weighted by molar-refractivity contribution is 9.10. The van der Waals surface area contributed by atoms with Gasteiger partial charge >= 0.3 is 0 Å². The summed E-state index contributed by atoms with van der Waals surface area (Å²) in [4.78, 5) is 1.26. The molecule has 1 aromatic carbocycles. The molecule has 0 fully saturated rings. The van der Waals surface area contributed by atoms with Gasteiger partial charge in [-0.05, 0) is 29.1 Å². The van der Waals surface area contributed by atoms with Crippen LogP contribution in [0.1, 0.15) is 16.4 Å². The van der Waals surface area contributed by atoms with Crippen molar-refractivity contribution in [2.24, 2.45) is 0 Å². The van der Waals surface area contributed by atoms with Crippen molar-refractivity contribution in [3.05, 3.63) is 56.7 Å². The maximum Gasteiger partial charge on any atom is 0.0761 e. The van der Waals surface area contributed by atoms with E-state index in [1.165, 1.54) is 4.88 Å². The molecule has 0 aliphatic heterocycles. The number of nitrogens with zero attached hydrogens (tertiary/aromatic N) is 1. The van der Waals surface area contributed by atoms with Crippen molar-refractivity contribution in [2.45, 2.75) is 12.3 Å². The van der Waals surface area contributed by atoms with Crippen molar-refractivity contribution < 1.29 is 0 Å². The fourth-order valence-corrected chi connectivity index (χ4v) is 2.76. The van der Waals surface area contributed by atoms with Crippen molar-refractivity contribution in [3.63, 3.8) is 0 Å². The second kappa shape index (κ2) is 5.29. The van der Waals surface area contributed by atoms with Gasteiger partial charge in [0.1, 0.15) is 0 Å². The number of nitriles is 1. The minimum Gasteiger partial charge on any atom is -0.198 e. The smallest absolute Gasteiger partial charge is 0.0761 e. The summed E-state index contributed by atoms with van der Waals surface area (Å²) in [6, 6.07) is 14.4. The first kappa shape index (κ1) is 11.4. The minimum absolute atomic E-state index is 0.0591. The fraction of sp³-hybridized carbons (Fsp3) is 0.154. The Morgan fingerprint density at radius 2 is 2.19 bits per heavy atom. The summed E-state index contributed by atoms with van der Waals surface area (Å²) >= 11 is 5.13. The normalized spacial score (nSPS) is 12.0. The Bertz CT molecular complexity index is 499. The van der Waals surface area contributed by atoms with Crippen LogP contribution in [0.15, 0.2) is 46.3 Å². The molecule has 1 aromatic heterocycles. The Balaban J connectivity index is 2.21. The lowest BCUT2D eigenvalue weighted by molar-refractivity contribution is 0.862. The van der Waals surface area contributed by atoms with Crippen LogP contribution in [0.3, 0.4) is 0 Å². The monoisotopic (exact) mass is 291 g/mol. The molecular weight excluding hydrogens is 282 g/mol. The van der Waals surface area contributed by atoms with Gasteiger partial charge in [-0.15, -0.1) is 11.3 Å². The molecule has 2 rings (SSSR count). The number of rotatable bonds is 3. The maximum atomic E-state index is 9.21. The second-order valence-electron chi connectivity index (χ2n) is 3.52. The van der Waals surface area contributed by atoms with Crippen LogP contribution in [0.4, 0.5) is 0 Å². The zero-order chi connectivity index (χ0) is 11.4. The van der Waals surface area contributed by atoms with Crippen LogP contribution in [-0.2, 0) is 6.42 Å². The Kier molecular flexibility index (Phi) is 3.76. The SMILES string of the molecule is N#CC(Cc1cccs1)c1cccc(Br)c1. The van der Waals surface area contributed by atoms with Crippen molar-refractivity contribution in [2.75, 3.05) is 0 Å². The summed E-state index contributed by atoms with van der Waals surface area (Å²) in [5.74, 6) is -0.0591. The zero-order valence-electron chi connectivity index (χ0n) is 8.56. The highest BCUT2D eigenvalue weighted by Gasteiger charge is 2.12. The van der Waals surface area contributed by atoms with Crippen LogP contribution in [-0.4, -0.2) is 0 Å². The predicted molar refractivity (Wildman–Crippen MR) is 70.5 cm³/mol. The number of hydrogen-bond donors (Lipinski definition) is 0. The molecule has 0 saturated heterocycles. The third-order valence-electron chi connectivity index (χ3n) is 2.39. The van der Waals surface area contributed by atoms with Crippen molar-refractivity contribution in [3.8, 4) is 6.07 Å². The fourth-order valence-electron chi connectivity index (χ4n) is 1.59. The first-order valence-electron chi connectivity index (χ1n) is 4.97. The van der Waals surface area contributed by atoms with Gasteiger partial charge in [0, 0.05) is 15.8 Å². The van der Waals surface area contributed by atoms with E-state index in [4.69, 9.17) is 0 Å². The molecule has 0 aliphatic carbocycles. The predicted octanol–water partition coefficient (Wildman–Crippen LogP) is 4.36. The molecule has 1 unspecified atom stereocenters. The summed E-state index contributed by atoms with van der Waals surface area (Å²) in [6.45, 7) is 0. The van der Waals surface area contributed by atoms with Gasteiger partial charge in [-0.2, -0.15) is 5.26 Å². The number of benzene rings is 1. The molecule has 0 radical (unpaired) electrons. The van der Waals surface area contributed by atoms with E-state index in [1.54, 1.807) is 11.3 Å². The Labute approximate surface area is 107 Å². The van der Waals surface area contributed by atoms with E-state index in [-0.39, 0.29) is 5.92 Å². The molecule has 1 atom stereocenters. The first-order valence-corrected chi connectivity index (χ1v) is 6.64. The molecule has 0 saturated carbocycles. The summed E-state index contributed by atoms with van der Waals surface area (Å²) in [5.41, 5.74) is 1.07. The standard InChI is InChI=1S/C13H10BrNS/c14-12-4-1-3-10(7-12)11(9-15)8-13-5-2-6-16-13/h1-7,11H,8H2. The Morgan fingerprint density at radius 1 is 1.31 bits per heavy atom. The van der Waals surface area contributed by atoms with Crippen LogP contribution in [0.5, 0.6) is 0 Å². The summed E-state index contributed by atoms with van der Waals surface area (Å²) in [7, 11) is 0. The molecule has 3 heteroatoms. The largest absolute Gasteiger partial charge is 0.198 e. The van der Waals surface area contributed by atoms with E-state index < -0.39 is 0 Å². The number of halogens is 1. The van der Waals surface area contributed by atoms with E-state index in [9.17, 15) is 5.26 Å². The number of hydrogen-bond acceptors (Lipinski definition) is 2. The zero-order valence-corrected chi connectivity index (χ0v) is 11.0. The molecule has 80 valence electrons. The van der Waals surface area contributed by atoms with Crippen molar-refractivity contribution >= 4 is 27.3 Å². The summed E-state index contributed by atoms with van der Waals surface area (Å²) in [6.07, 6.45) is 0.796. The van der Waals surface area contributed by atoms with Crippen LogP contribution in [0, 0.1) is 11.3 Å². The molecule has 2 aromatic rings. The topological polar surface area (TPSA) is 23.8 Å². The third-order valence-corrected chi connectivity index (χ3v) is 3.78. The first-order chi connectivity index (χ1) is 7.79. The van der Waals surface area contributed by atoms with Crippen molar-refractivity contribution in [1.82, 2.24) is 0 Å². The highest BCUT2D eigenvalue weighted by atomic mass is 79.9. The average Bonchev–Trinajstić information content (AvgIpc) is 2.78. The average molecular weight is 292 g/mol. The van der Waals surface area contributed by atoms with Crippen molar-refractivity contribution in [1.29, 1.82) is 5.26 Å². The van der Waals surface area contributed by atoms with Gasteiger partial charge in [-0.3, -0.25) is 0 Å². The van der Waals surface area contributed by atoms with E-state index >= 15 is 0 Å². The lowest BCUT2D eigenvalue weighted by atomic mass is 9.97. The molecule has 0 bridgehead atoms. The van der Waals surface area contributed by atoms with Gasteiger partial charge in [-0.25, -0.2) is 0 Å². The minimum atomic E-state index is -0.0591. The molecule has 16 heavy (non-hydrogen) atoms. The molecule has 1 heterocycles. The molecule has 0 amide bonds. The van der Waals surface area contributed by atoms with Gasteiger partial charge in [0.25, 0.3) is 0 Å². The van der Waals surface area contributed by atoms with Gasteiger partial charge < -0.3 is 0 Å². The van der Waals surface area contributed by atoms with E-state index in [1.807, 2.05) is 35.7 Å². The Hall–Kier alpha value is -1.11. The number of thiophene rings is 1. The highest BCUT2D eigenvalue weighted by Crippen LogP contribution is 2.24. The van der Waals surface area contributed by atoms with Crippen LogP contribution >= 0.6 is 27.3 Å². The van der Waals surface area contributed by atoms with E-state index in [2.05, 4.69) is 28.1 Å². The molecular formula is C13H10BrNS. The molecule has 0 spiro atoms. The maximum absolute atomic E-state index is 9.21. The molecule has 0 N–H and O–H groups in total. The van der Waals surface area contributed by atoms with Gasteiger partial charge in [0.2, 0.25) is 0 Å². The van der Waals surface area contributed by atoms with Gasteiger partial charge in [-0.1, -0.05) is 34.1 Å². The molecule has 0 aliphatic rings. The quantitative estimate of drug-likeness (QED) is 0.824. The third kappa shape index (κ3) is 2.72. The lowest BCUT2D eigenvalue weighted by Crippen LogP contribution is -1.98. The summed E-state index contributed by atoms with van der Waals surface area (Å²) in [5, 5.41) is 11.3. The molecule has 1 nitrogen and oxygen atoms in total. The van der Waals surface area contributed by atoms with Crippen LogP contribution < -0.4 is 0 Å². The lowest BCUT2D eigenvalue weighted by Gasteiger charge is -2.08. The Morgan fingerprint density at radius 3 is 2.81 bits per heavy atom. The summed E-state index contributed by atoms with van der Waals surface area (Å²) < 4.78 is 1.02. The van der Waals surface area contributed by atoms with Gasteiger partial charge in [0.05, 0.1) is 12.0 Å². The van der Waals surface area contributed by atoms with E-state index in [0.717, 1.165) is 16.5 Å².